The van der Waals surface area contributed by atoms with Crippen LogP contribution in [0.5, 0.6) is 0 Å². The minimum absolute atomic E-state index is 0.0192. The maximum absolute atomic E-state index is 11.9. The molecule has 0 unspecified atom stereocenters. The van der Waals surface area contributed by atoms with Gasteiger partial charge in [0.2, 0.25) is 5.91 Å². The Balaban J connectivity index is 2.59. The van der Waals surface area contributed by atoms with Gasteiger partial charge in [-0.3, -0.25) is 4.79 Å². The van der Waals surface area contributed by atoms with Crippen LogP contribution in [0.25, 0.3) is 6.08 Å². The number of alkyl halides is 3. The van der Waals surface area contributed by atoms with Crippen molar-refractivity contribution in [2.24, 2.45) is 0 Å². The summed E-state index contributed by atoms with van der Waals surface area (Å²) < 4.78 is 35.6. The number of carbonyl (C=O) groups excluding carboxylic acids is 1. The molecule has 0 fully saturated rings. The lowest BCUT2D eigenvalue weighted by Gasteiger charge is -2.04. The first-order chi connectivity index (χ1) is 8.26. The summed E-state index contributed by atoms with van der Waals surface area (Å²) in [4.78, 5) is 25.2. The van der Waals surface area contributed by atoms with Crippen LogP contribution in [-0.4, -0.2) is 28.1 Å². The maximum Gasteiger partial charge on any atom is 0.397 e. The normalized spacial score (nSPS) is 11.7. The van der Waals surface area contributed by atoms with E-state index in [1.165, 1.54) is 12.3 Å². The largest absolute Gasteiger partial charge is 0.478 e. The highest BCUT2D eigenvalue weighted by Gasteiger charge is 2.31. The molecule has 1 heterocycles. The first kappa shape index (κ1) is 14.2. The van der Waals surface area contributed by atoms with Gasteiger partial charge in [0.05, 0.1) is 0 Å². The van der Waals surface area contributed by atoms with E-state index in [-0.39, 0.29) is 5.13 Å². The first-order valence-electron chi connectivity index (χ1n) is 4.50. The molecule has 9 heteroatoms. The molecule has 0 aliphatic carbocycles. The fraction of sp³-hybridized carbons (Fsp3) is 0.222. The van der Waals surface area contributed by atoms with E-state index in [0.717, 1.165) is 17.4 Å². The van der Waals surface area contributed by atoms with Crippen LogP contribution in [0.2, 0.25) is 0 Å². The molecule has 1 aromatic rings. The summed E-state index contributed by atoms with van der Waals surface area (Å²) in [5.41, 5.74) is 0. The fourth-order valence-electron chi connectivity index (χ4n) is 0.920. The smallest absolute Gasteiger partial charge is 0.397 e. The Morgan fingerprint density at radius 3 is 2.72 bits per heavy atom. The summed E-state index contributed by atoms with van der Waals surface area (Å²) >= 11 is 0.869. The molecule has 0 aliphatic rings. The topological polar surface area (TPSA) is 79.3 Å². The molecule has 98 valence electrons. The Labute approximate surface area is 103 Å². The van der Waals surface area contributed by atoms with Crippen LogP contribution in [0.15, 0.2) is 12.3 Å². The third kappa shape index (κ3) is 5.43. The Bertz CT molecular complexity index is 482. The number of carbonyl (C=O) groups is 2. The molecule has 0 saturated carbocycles. The number of aliphatic carboxylic acids is 1. The van der Waals surface area contributed by atoms with Crippen LogP contribution in [0, 0.1) is 0 Å². The number of hydrogen-bond acceptors (Lipinski definition) is 4. The average molecular weight is 280 g/mol. The number of nitrogens with zero attached hydrogens (tertiary/aromatic N) is 1. The van der Waals surface area contributed by atoms with Gasteiger partial charge >= 0.3 is 12.1 Å². The average Bonchev–Trinajstić information content (AvgIpc) is 2.59. The number of nitrogens with one attached hydrogen (secondary N) is 1. The zero-order chi connectivity index (χ0) is 13.8. The highest BCUT2D eigenvalue weighted by Crippen LogP contribution is 2.23. The Morgan fingerprint density at radius 1 is 1.50 bits per heavy atom. The molecule has 0 aromatic carbocycles. The van der Waals surface area contributed by atoms with Crippen molar-refractivity contribution in [2.45, 2.75) is 12.6 Å². The van der Waals surface area contributed by atoms with E-state index in [0.29, 0.717) is 4.88 Å². The van der Waals surface area contributed by atoms with Crippen LogP contribution in [0.3, 0.4) is 0 Å². The van der Waals surface area contributed by atoms with Crippen molar-refractivity contribution in [3.63, 3.8) is 0 Å². The van der Waals surface area contributed by atoms with E-state index >= 15 is 0 Å². The first-order valence-corrected chi connectivity index (χ1v) is 5.31. The Kier molecular flexibility index (Phi) is 4.43. The van der Waals surface area contributed by atoms with Gasteiger partial charge in [-0.2, -0.15) is 13.2 Å². The number of hydrogen-bond donors (Lipinski definition) is 2. The summed E-state index contributed by atoms with van der Waals surface area (Å²) in [6.07, 6.45) is -2.85. The van der Waals surface area contributed by atoms with Crippen molar-refractivity contribution in [3.05, 3.63) is 17.2 Å². The van der Waals surface area contributed by atoms with E-state index in [4.69, 9.17) is 5.11 Å². The minimum Gasteiger partial charge on any atom is -0.478 e. The molecule has 1 amide bonds. The summed E-state index contributed by atoms with van der Waals surface area (Å²) in [5.74, 6) is -2.38. The molecule has 0 atom stereocenters. The van der Waals surface area contributed by atoms with Gasteiger partial charge in [0, 0.05) is 17.2 Å². The number of rotatable bonds is 4. The maximum atomic E-state index is 11.9. The number of aromatic nitrogens is 1. The third-order valence-corrected chi connectivity index (χ3v) is 2.40. The van der Waals surface area contributed by atoms with Crippen LogP contribution in [-0.2, 0) is 9.59 Å². The van der Waals surface area contributed by atoms with E-state index in [1.807, 2.05) is 5.32 Å². The van der Waals surface area contributed by atoms with Crippen LogP contribution < -0.4 is 5.32 Å². The van der Waals surface area contributed by atoms with Crippen molar-refractivity contribution in [2.75, 3.05) is 5.32 Å². The van der Waals surface area contributed by atoms with Crippen molar-refractivity contribution >= 4 is 34.4 Å². The van der Waals surface area contributed by atoms with Crippen LogP contribution in [0.1, 0.15) is 11.3 Å². The summed E-state index contributed by atoms with van der Waals surface area (Å²) in [5, 5.41) is 10.3. The molecule has 18 heavy (non-hydrogen) atoms. The quantitative estimate of drug-likeness (QED) is 0.828. The van der Waals surface area contributed by atoms with Gasteiger partial charge in [-0.1, -0.05) is 11.3 Å². The zero-order valence-corrected chi connectivity index (χ0v) is 9.51. The number of carboxylic acid groups (broad SMARTS) is 1. The van der Waals surface area contributed by atoms with E-state index in [9.17, 15) is 22.8 Å². The van der Waals surface area contributed by atoms with Gasteiger partial charge in [-0.15, -0.1) is 0 Å². The van der Waals surface area contributed by atoms with Gasteiger partial charge in [-0.05, 0) is 6.08 Å². The van der Waals surface area contributed by atoms with Gasteiger partial charge in [0.25, 0.3) is 0 Å². The van der Waals surface area contributed by atoms with Crippen molar-refractivity contribution in [1.82, 2.24) is 4.98 Å². The molecule has 0 saturated heterocycles. The summed E-state index contributed by atoms with van der Waals surface area (Å²) in [6.45, 7) is 0. The minimum atomic E-state index is -4.58. The molecule has 0 spiro atoms. The molecule has 0 radical (unpaired) electrons. The number of anilines is 1. The summed E-state index contributed by atoms with van der Waals surface area (Å²) in [6, 6.07) is 0. The highest BCUT2D eigenvalue weighted by atomic mass is 32.1. The fourth-order valence-corrected chi connectivity index (χ4v) is 1.66. The Morgan fingerprint density at radius 2 is 2.17 bits per heavy atom. The van der Waals surface area contributed by atoms with Crippen molar-refractivity contribution in [3.8, 4) is 0 Å². The number of carboxylic acids is 1. The molecule has 2 N–H and O–H groups in total. The van der Waals surface area contributed by atoms with Gasteiger partial charge in [-0.25, -0.2) is 9.78 Å². The lowest BCUT2D eigenvalue weighted by Crippen LogP contribution is -2.20. The predicted molar refractivity (Wildman–Crippen MR) is 58.1 cm³/mol. The summed E-state index contributed by atoms with van der Waals surface area (Å²) in [7, 11) is 0. The molecule has 0 bridgehead atoms. The van der Waals surface area contributed by atoms with Crippen LogP contribution in [0.4, 0.5) is 18.3 Å². The second-order valence-corrected chi connectivity index (χ2v) is 4.14. The van der Waals surface area contributed by atoms with Gasteiger partial charge < -0.3 is 10.4 Å². The van der Waals surface area contributed by atoms with Gasteiger partial charge in [0.1, 0.15) is 6.42 Å². The Hall–Kier alpha value is -1.90. The van der Waals surface area contributed by atoms with Crippen LogP contribution >= 0.6 is 11.3 Å². The number of thiazole rings is 1. The SMILES string of the molecule is O=C(O)/C=C/c1cnc(NC(=O)CC(F)(F)F)s1. The lowest BCUT2D eigenvalue weighted by molar-refractivity contribution is -0.150. The van der Waals surface area contributed by atoms with E-state index in [2.05, 4.69) is 4.98 Å². The molecule has 1 rings (SSSR count). The molecule has 0 aliphatic heterocycles. The van der Waals surface area contributed by atoms with Crippen molar-refractivity contribution in [1.29, 1.82) is 0 Å². The molecular weight excluding hydrogens is 273 g/mol. The number of halogens is 3. The second kappa shape index (κ2) is 5.63. The molecular formula is C9H7F3N2O3S. The second-order valence-electron chi connectivity index (χ2n) is 3.08. The highest BCUT2D eigenvalue weighted by molar-refractivity contribution is 7.16. The zero-order valence-electron chi connectivity index (χ0n) is 8.69. The van der Waals surface area contributed by atoms with Crippen molar-refractivity contribution < 1.29 is 27.9 Å². The monoisotopic (exact) mass is 280 g/mol. The van der Waals surface area contributed by atoms with E-state index in [1.54, 1.807) is 0 Å². The van der Waals surface area contributed by atoms with E-state index < -0.39 is 24.5 Å². The molecule has 1 aromatic heterocycles. The third-order valence-electron chi connectivity index (χ3n) is 1.52. The standard InChI is InChI=1S/C9H7F3N2O3S/c10-9(11,12)3-6(15)14-8-13-4-5(18-8)1-2-7(16)17/h1-2,4H,3H2,(H,16,17)(H,13,14,15)/b2-1+. The van der Waals surface area contributed by atoms with Gasteiger partial charge in [0.15, 0.2) is 5.13 Å². The lowest BCUT2D eigenvalue weighted by atomic mass is 10.4. The molecule has 5 nitrogen and oxygen atoms in total. The number of amides is 1. The predicted octanol–water partition coefficient (Wildman–Crippen LogP) is 2.13.